The molecule has 4 rings (SSSR count). The lowest BCUT2D eigenvalue weighted by atomic mass is 10.0. The van der Waals surface area contributed by atoms with Crippen LogP contribution < -0.4 is 21.2 Å². The van der Waals surface area contributed by atoms with E-state index in [-0.39, 0.29) is 11.8 Å². The fourth-order valence-corrected chi connectivity index (χ4v) is 3.85. The summed E-state index contributed by atoms with van der Waals surface area (Å²) in [7, 11) is 0. The number of ether oxygens (including phenoxy) is 1. The van der Waals surface area contributed by atoms with Crippen LogP contribution in [0.3, 0.4) is 0 Å². The summed E-state index contributed by atoms with van der Waals surface area (Å²) in [6.45, 7) is 4.49. The molecule has 1 heterocycles. The average Bonchev–Trinajstić information content (AvgIpc) is 2.89. The molecule has 3 aromatic rings. The minimum absolute atomic E-state index is 0.0607. The molecule has 0 bridgehead atoms. The summed E-state index contributed by atoms with van der Waals surface area (Å²) in [6.07, 6.45) is 3.74. The van der Waals surface area contributed by atoms with E-state index in [9.17, 15) is 4.79 Å². The van der Waals surface area contributed by atoms with Crippen LogP contribution in [0.1, 0.15) is 24.0 Å². The van der Waals surface area contributed by atoms with Crippen molar-refractivity contribution in [1.29, 1.82) is 0 Å². The maximum atomic E-state index is 12.6. The molecule has 4 N–H and O–H groups in total. The maximum Gasteiger partial charge on any atom is 0.277 e. The zero-order valence-electron chi connectivity index (χ0n) is 19.9. The monoisotopic (exact) mass is 469 g/mol. The van der Waals surface area contributed by atoms with Gasteiger partial charge < -0.3 is 21.2 Å². The Morgan fingerprint density at radius 2 is 1.63 bits per heavy atom. The number of benzene rings is 3. The maximum absolute atomic E-state index is 12.6. The molecule has 1 fully saturated rings. The van der Waals surface area contributed by atoms with Gasteiger partial charge in [0.05, 0.1) is 12.8 Å². The van der Waals surface area contributed by atoms with Crippen molar-refractivity contribution in [2.75, 3.05) is 18.4 Å². The van der Waals surface area contributed by atoms with E-state index in [4.69, 9.17) is 10.6 Å². The Morgan fingerprint density at radius 3 is 2.26 bits per heavy atom. The van der Waals surface area contributed by atoms with Crippen molar-refractivity contribution in [1.82, 2.24) is 5.32 Å². The Labute approximate surface area is 206 Å². The molecule has 0 atom stereocenters. The number of aliphatic imine (C=N–C) groups is 1. The van der Waals surface area contributed by atoms with Crippen molar-refractivity contribution in [3.8, 4) is 16.9 Å². The van der Waals surface area contributed by atoms with Crippen LogP contribution in [0.15, 0.2) is 82.9 Å². The molecule has 35 heavy (non-hydrogen) atoms. The van der Waals surface area contributed by atoms with Gasteiger partial charge in [0.15, 0.2) is 5.71 Å². The van der Waals surface area contributed by atoms with E-state index in [1.54, 1.807) is 0 Å². The third-order valence-corrected chi connectivity index (χ3v) is 5.90. The minimum atomic E-state index is -0.410. The number of hydrogen-bond donors (Lipinski definition) is 3. The number of hydrogen-bond acceptors (Lipinski definition) is 6. The highest BCUT2D eigenvalue weighted by molar-refractivity contribution is 6.63. The number of rotatable bonds is 8. The zero-order chi connectivity index (χ0) is 24.5. The molecule has 1 aliphatic heterocycles. The van der Waals surface area contributed by atoms with Crippen molar-refractivity contribution in [3.05, 3.63) is 83.9 Å². The third-order valence-electron chi connectivity index (χ3n) is 5.90. The standard InChI is InChI=1S/C28H31N5O2/c1-20-2-4-21(5-3-20)18-31-19-27(33-29)28(34)32-24-10-6-22(7-11-24)23-8-12-25(13-9-23)35-26-14-16-30-17-15-26/h2-13,19,26,30H,14-18,29H2,1H3,(H,32,34). The van der Waals surface area contributed by atoms with Gasteiger partial charge in [0, 0.05) is 5.69 Å². The smallest absolute Gasteiger partial charge is 0.277 e. The molecule has 0 spiro atoms. The van der Waals surface area contributed by atoms with Gasteiger partial charge in [-0.3, -0.25) is 9.79 Å². The van der Waals surface area contributed by atoms with Gasteiger partial charge in [-0.2, -0.15) is 5.10 Å². The molecule has 0 unspecified atom stereocenters. The molecule has 0 radical (unpaired) electrons. The van der Waals surface area contributed by atoms with E-state index in [1.165, 1.54) is 11.8 Å². The van der Waals surface area contributed by atoms with Crippen LogP contribution >= 0.6 is 0 Å². The van der Waals surface area contributed by atoms with E-state index in [0.717, 1.165) is 48.4 Å². The third kappa shape index (κ3) is 7.01. The lowest BCUT2D eigenvalue weighted by Gasteiger charge is -2.23. The molecule has 1 aliphatic rings. The highest BCUT2D eigenvalue weighted by atomic mass is 16.5. The topological polar surface area (TPSA) is 101 Å². The van der Waals surface area contributed by atoms with Gasteiger partial charge in [-0.25, -0.2) is 0 Å². The summed E-state index contributed by atoms with van der Waals surface area (Å²) in [4.78, 5) is 16.8. The van der Waals surface area contributed by atoms with Gasteiger partial charge in [0.2, 0.25) is 0 Å². The molecule has 1 amide bonds. The van der Waals surface area contributed by atoms with Gasteiger partial charge in [0.1, 0.15) is 11.9 Å². The SMILES string of the molecule is Cc1ccc(CN=CC(=NN)C(=O)Nc2ccc(-c3ccc(OC4CCNCC4)cc3)cc2)cc1. The second-order valence-corrected chi connectivity index (χ2v) is 8.59. The predicted molar refractivity (Wildman–Crippen MR) is 142 cm³/mol. The summed E-state index contributed by atoms with van der Waals surface area (Å²) in [5.74, 6) is 5.90. The quantitative estimate of drug-likeness (QED) is 0.260. The van der Waals surface area contributed by atoms with E-state index in [1.807, 2.05) is 79.7 Å². The first-order chi connectivity index (χ1) is 17.1. The summed E-state index contributed by atoms with van der Waals surface area (Å²) in [5, 5.41) is 9.75. The molecule has 1 saturated heterocycles. The van der Waals surface area contributed by atoms with Crippen LogP contribution in [0.2, 0.25) is 0 Å². The number of aryl methyl sites for hydroxylation is 1. The Morgan fingerprint density at radius 1 is 1.00 bits per heavy atom. The van der Waals surface area contributed by atoms with Crippen molar-refractivity contribution >= 4 is 23.5 Å². The Bertz CT molecular complexity index is 1160. The van der Waals surface area contributed by atoms with Crippen LogP contribution in [0, 0.1) is 6.92 Å². The lowest BCUT2D eigenvalue weighted by molar-refractivity contribution is -0.110. The predicted octanol–water partition coefficient (Wildman–Crippen LogP) is 4.32. The largest absolute Gasteiger partial charge is 0.490 e. The van der Waals surface area contributed by atoms with Crippen LogP contribution in [0.5, 0.6) is 5.75 Å². The average molecular weight is 470 g/mol. The summed E-state index contributed by atoms with van der Waals surface area (Å²) < 4.78 is 6.08. The van der Waals surface area contributed by atoms with Crippen LogP contribution in [0.25, 0.3) is 11.1 Å². The Balaban J connectivity index is 1.31. The summed E-state index contributed by atoms with van der Waals surface area (Å²) in [5.41, 5.74) is 5.07. The van der Waals surface area contributed by atoms with Gasteiger partial charge in [0.25, 0.3) is 5.91 Å². The highest BCUT2D eigenvalue weighted by Crippen LogP contribution is 2.25. The van der Waals surface area contributed by atoms with Gasteiger partial charge in [-0.1, -0.05) is 54.1 Å². The van der Waals surface area contributed by atoms with Gasteiger partial charge >= 0.3 is 0 Å². The number of amides is 1. The number of nitrogens with two attached hydrogens (primary N) is 1. The first-order valence-corrected chi connectivity index (χ1v) is 11.8. The number of nitrogens with one attached hydrogen (secondary N) is 2. The van der Waals surface area contributed by atoms with Crippen LogP contribution in [-0.4, -0.2) is 37.0 Å². The van der Waals surface area contributed by atoms with Gasteiger partial charge in [-0.05, 0) is 73.8 Å². The summed E-state index contributed by atoms with van der Waals surface area (Å²) >= 11 is 0. The number of anilines is 1. The number of carbonyl (C=O) groups excluding carboxylic acids is 1. The fourth-order valence-electron chi connectivity index (χ4n) is 3.85. The second-order valence-electron chi connectivity index (χ2n) is 8.59. The molecular weight excluding hydrogens is 438 g/mol. The van der Waals surface area contributed by atoms with Crippen LogP contribution in [-0.2, 0) is 11.3 Å². The summed E-state index contributed by atoms with van der Waals surface area (Å²) in [6, 6.07) is 23.8. The molecule has 7 heteroatoms. The molecule has 180 valence electrons. The zero-order valence-corrected chi connectivity index (χ0v) is 19.9. The number of nitrogens with zero attached hydrogens (tertiary/aromatic N) is 2. The van der Waals surface area contributed by atoms with E-state index in [0.29, 0.717) is 12.2 Å². The molecule has 7 nitrogen and oxygen atoms in total. The van der Waals surface area contributed by atoms with Crippen molar-refractivity contribution in [3.63, 3.8) is 0 Å². The van der Waals surface area contributed by atoms with Crippen molar-refractivity contribution < 1.29 is 9.53 Å². The molecule has 0 saturated carbocycles. The van der Waals surface area contributed by atoms with E-state index >= 15 is 0 Å². The molecule has 0 aliphatic carbocycles. The number of hydrazone groups is 1. The lowest BCUT2D eigenvalue weighted by Crippen LogP contribution is -2.34. The first-order valence-electron chi connectivity index (χ1n) is 11.8. The molecule has 3 aromatic carbocycles. The Kier molecular flexibility index (Phi) is 8.25. The number of carbonyl (C=O) groups is 1. The minimum Gasteiger partial charge on any atom is -0.490 e. The normalized spacial score (nSPS) is 14.7. The van der Waals surface area contributed by atoms with Crippen molar-refractivity contribution in [2.45, 2.75) is 32.4 Å². The molecule has 0 aromatic heterocycles. The number of piperidine rings is 1. The van der Waals surface area contributed by atoms with E-state index in [2.05, 4.69) is 20.7 Å². The van der Waals surface area contributed by atoms with Crippen LogP contribution in [0.4, 0.5) is 5.69 Å². The fraction of sp³-hybridized carbons (Fsp3) is 0.250. The highest BCUT2D eigenvalue weighted by Gasteiger charge is 2.14. The van der Waals surface area contributed by atoms with E-state index < -0.39 is 5.91 Å². The molecular formula is C28H31N5O2. The van der Waals surface area contributed by atoms with Gasteiger partial charge in [-0.15, -0.1) is 0 Å². The second kappa shape index (κ2) is 11.9. The first kappa shape index (κ1) is 24.2. The van der Waals surface area contributed by atoms with Crippen molar-refractivity contribution in [2.24, 2.45) is 15.9 Å². The Hall–Kier alpha value is -3.97.